The number of likely N-dealkylation sites (tertiary alicyclic amines) is 1. The van der Waals surface area contributed by atoms with Crippen molar-refractivity contribution in [1.82, 2.24) is 4.90 Å². The maximum absolute atomic E-state index is 11.7. The van der Waals surface area contributed by atoms with Crippen molar-refractivity contribution in [3.63, 3.8) is 0 Å². The van der Waals surface area contributed by atoms with Crippen LogP contribution in [0.15, 0.2) is 0 Å². The summed E-state index contributed by atoms with van der Waals surface area (Å²) in [5.74, 6) is -0.0664. The van der Waals surface area contributed by atoms with Crippen molar-refractivity contribution in [2.45, 2.75) is 77.9 Å². The fraction of sp³-hybridized carbons (Fsp3) is 0.933. The Bertz CT molecular complexity index is 256. The molecule has 106 valence electrons. The summed E-state index contributed by atoms with van der Waals surface area (Å²) in [7, 11) is 0. The molecule has 3 heteroatoms. The second kappa shape index (κ2) is 7.13. The average molecular weight is 255 g/mol. The molecular weight excluding hydrogens is 226 g/mol. The summed E-state index contributed by atoms with van der Waals surface area (Å²) in [6, 6.07) is 0.686. The van der Waals surface area contributed by atoms with E-state index in [9.17, 15) is 4.79 Å². The van der Waals surface area contributed by atoms with E-state index in [1.807, 2.05) is 20.8 Å². The van der Waals surface area contributed by atoms with Crippen molar-refractivity contribution in [2.75, 3.05) is 13.1 Å². The fourth-order valence-electron chi connectivity index (χ4n) is 2.64. The largest absolute Gasteiger partial charge is 0.460 e. The van der Waals surface area contributed by atoms with Gasteiger partial charge >= 0.3 is 5.97 Å². The Morgan fingerprint density at radius 2 is 2.06 bits per heavy atom. The second-order valence-electron chi connectivity index (χ2n) is 6.31. The van der Waals surface area contributed by atoms with E-state index >= 15 is 0 Å². The number of piperidine rings is 1. The maximum atomic E-state index is 11.7. The molecule has 0 radical (unpaired) electrons. The van der Waals surface area contributed by atoms with E-state index in [-0.39, 0.29) is 11.6 Å². The Morgan fingerprint density at radius 3 is 2.67 bits per heavy atom. The molecule has 0 aliphatic carbocycles. The van der Waals surface area contributed by atoms with E-state index in [2.05, 4.69) is 11.8 Å². The Hall–Kier alpha value is -0.570. The van der Waals surface area contributed by atoms with Crippen LogP contribution in [0.4, 0.5) is 0 Å². The second-order valence-corrected chi connectivity index (χ2v) is 6.31. The number of esters is 1. The van der Waals surface area contributed by atoms with Crippen LogP contribution in [0.1, 0.15) is 66.2 Å². The Kier molecular flexibility index (Phi) is 6.13. The van der Waals surface area contributed by atoms with Crippen molar-refractivity contribution >= 4 is 5.97 Å². The van der Waals surface area contributed by atoms with Gasteiger partial charge in [-0.05, 0) is 46.6 Å². The zero-order valence-electron chi connectivity index (χ0n) is 12.5. The summed E-state index contributed by atoms with van der Waals surface area (Å²) in [6.07, 6.45) is 6.92. The first-order chi connectivity index (χ1) is 8.42. The van der Waals surface area contributed by atoms with Crippen LogP contribution in [0.5, 0.6) is 0 Å². The van der Waals surface area contributed by atoms with Gasteiger partial charge in [-0.3, -0.25) is 9.69 Å². The van der Waals surface area contributed by atoms with Crippen LogP contribution < -0.4 is 0 Å². The number of ether oxygens (including phenoxy) is 1. The van der Waals surface area contributed by atoms with Crippen molar-refractivity contribution in [3.05, 3.63) is 0 Å². The standard InChI is InChI=1S/C15H29NO2/c1-5-8-13-9-6-7-11-16(13)12-10-14(17)18-15(2,3)4/h13H,5-12H2,1-4H3. The lowest BCUT2D eigenvalue weighted by atomic mass is 9.98. The summed E-state index contributed by atoms with van der Waals surface area (Å²) in [4.78, 5) is 14.2. The highest BCUT2D eigenvalue weighted by molar-refractivity contribution is 5.70. The highest BCUT2D eigenvalue weighted by Crippen LogP contribution is 2.21. The molecular formula is C15H29NO2. The van der Waals surface area contributed by atoms with Crippen molar-refractivity contribution in [1.29, 1.82) is 0 Å². The number of carbonyl (C=O) groups excluding carboxylic acids is 1. The summed E-state index contributed by atoms with van der Waals surface area (Å²) in [5.41, 5.74) is -0.359. The normalized spacial score (nSPS) is 21.9. The molecule has 1 fully saturated rings. The third-order valence-corrected chi connectivity index (χ3v) is 3.39. The molecule has 1 unspecified atom stereocenters. The molecule has 0 amide bonds. The number of hydrogen-bond acceptors (Lipinski definition) is 3. The molecule has 0 aromatic heterocycles. The van der Waals surface area contributed by atoms with Gasteiger partial charge in [-0.15, -0.1) is 0 Å². The molecule has 18 heavy (non-hydrogen) atoms. The van der Waals surface area contributed by atoms with E-state index in [4.69, 9.17) is 4.74 Å². The molecule has 0 spiro atoms. The van der Waals surface area contributed by atoms with Crippen LogP contribution in [0.3, 0.4) is 0 Å². The summed E-state index contributed by atoms with van der Waals surface area (Å²) < 4.78 is 5.36. The lowest BCUT2D eigenvalue weighted by Gasteiger charge is -2.35. The predicted molar refractivity (Wildman–Crippen MR) is 74.6 cm³/mol. The minimum atomic E-state index is -0.359. The van der Waals surface area contributed by atoms with Crippen molar-refractivity contribution < 1.29 is 9.53 Å². The first-order valence-corrected chi connectivity index (χ1v) is 7.38. The lowest BCUT2D eigenvalue weighted by Crippen LogP contribution is -2.41. The zero-order chi connectivity index (χ0) is 13.6. The van der Waals surface area contributed by atoms with Crippen LogP contribution in [0, 0.1) is 0 Å². The first-order valence-electron chi connectivity index (χ1n) is 7.38. The third-order valence-electron chi connectivity index (χ3n) is 3.39. The quantitative estimate of drug-likeness (QED) is 0.705. The Balaban J connectivity index is 2.33. The van der Waals surface area contributed by atoms with Gasteiger partial charge < -0.3 is 4.74 Å². The maximum Gasteiger partial charge on any atom is 0.307 e. The van der Waals surface area contributed by atoms with E-state index < -0.39 is 0 Å². The Morgan fingerprint density at radius 1 is 1.33 bits per heavy atom. The molecule has 1 aliphatic heterocycles. The van der Waals surface area contributed by atoms with E-state index in [1.165, 1.54) is 32.1 Å². The van der Waals surface area contributed by atoms with E-state index in [1.54, 1.807) is 0 Å². The lowest BCUT2D eigenvalue weighted by molar-refractivity contribution is -0.155. The van der Waals surface area contributed by atoms with E-state index in [0.29, 0.717) is 12.5 Å². The van der Waals surface area contributed by atoms with Gasteiger partial charge in [-0.1, -0.05) is 19.8 Å². The first kappa shape index (κ1) is 15.5. The zero-order valence-corrected chi connectivity index (χ0v) is 12.5. The van der Waals surface area contributed by atoms with Crippen LogP contribution in [0.2, 0.25) is 0 Å². The van der Waals surface area contributed by atoms with Crippen LogP contribution in [0.25, 0.3) is 0 Å². The number of hydrogen-bond donors (Lipinski definition) is 0. The van der Waals surface area contributed by atoms with Gasteiger partial charge in [-0.2, -0.15) is 0 Å². The van der Waals surface area contributed by atoms with Crippen molar-refractivity contribution in [3.8, 4) is 0 Å². The number of nitrogens with zero attached hydrogens (tertiary/aromatic N) is 1. The molecule has 0 saturated carbocycles. The number of carbonyl (C=O) groups is 1. The monoisotopic (exact) mass is 255 g/mol. The molecule has 1 atom stereocenters. The van der Waals surface area contributed by atoms with E-state index in [0.717, 1.165) is 13.1 Å². The van der Waals surface area contributed by atoms with Crippen LogP contribution in [-0.4, -0.2) is 35.6 Å². The van der Waals surface area contributed by atoms with Crippen molar-refractivity contribution in [2.24, 2.45) is 0 Å². The Labute approximate surface area is 112 Å². The summed E-state index contributed by atoms with van der Waals surface area (Å²) in [6.45, 7) is 10.0. The number of rotatable bonds is 5. The van der Waals surface area contributed by atoms with Gasteiger partial charge in [0, 0.05) is 12.6 Å². The minimum Gasteiger partial charge on any atom is -0.460 e. The smallest absolute Gasteiger partial charge is 0.307 e. The summed E-state index contributed by atoms with van der Waals surface area (Å²) in [5, 5.41) is 0. The SMILES string of the molecule is CCCC1CCCCN1CCC(=O)OC(C)(C)C. The third kappa shape index (κ3) is 5.85. The average Bonchev–Trinajstić information content (AvgIpc) is 2.26. The van der Waals surface area contributed by atoms with Gasteiger partial charge in [0.05, 0.1) is 6.42 Å². The molecule has 1 aliphatic rings. The fourth-order valence-corrected chi connectivity index (χ4v) is 2.64. The topological polar surface area (TPSA) is 29.5 Å². The predicted octanol–water partition coefficient (Wildman–Crippen LogP) is 3.37. The molecule has 1 saturated heterocycles. The van der Waals surface area contributed by atoms with Gasteiger partial charge in [0.15, 0.2) is 0 Å². The van der Waals surface area contributed by atoms with Crippen LogP contribution in [-0.2, 0) is 9.53 Å². The molecule has 3 nitrogen and oxygen atoms in total. The van der Waals surface area contributed by atoms with Gasteiger partial charge in [-0.25, -0.2) is 0 Å². The molecule has 0 N–H and O–H groups in total. The highest BCUT2D eigenvalue weighted by atomic mass is 16.6. The molecule has 0 aromatic carbocycles. The van der Waals surface area contributed by atoms with Gasteiger partial charge in [0.1, 0.15) is 5.60 Å². The molecule has 0 bridgehead atoms. The summed E-state index contributed by atoms with van der Waals surface area (Å²) >= 11 is 0. The van der Waals surface area contributed by atoms with Gasteiger partial charge in [0.2, 0.25) is 0 Å². The molecule has 1 heterocycles. The van der Waals surface area contributed by atoms with Crippen LogP contribution >= 0.6 is 0 Å². The highest BCUT2D eigenvalue weighted by Gasteiger charge is 2.23. The molecule has 0 aromatic rings. The molecule has 1 rings (SSSR count). The minimum absolute atomic E-state index is 0.0664. The van der Waals surface area contributed by atoms with Gasteiger partial charge in [0.25, 0.3) is 0 Å².